The van der Waals surface area contributed by atoms with Crippen molar-refractivity contribution < 1.29 is 23.9 Å². The van der Waals surface area contributed by atoms with Gasteiger partial charge in [0.2, 0.25) is 0 Å². The first-order valence-corrected chi connectivity index (χ1v) is 10.8. The Morgan fingerprint density at radius 2 is 1.78 bits per heavy atom. The highest BCUT2D eigenvalue weighted by atomic mass is 19.1. The van der Waals surface area contributed by atoms with Gasteiger partial charge in [0.15, 0.2) is 0 Å². The first kappa shape index (κ1) is 23.7. The maximum Gasteiger partial charge on any atom is 0.294 e. The molecule has 3 rings (SSSR count). The van der Waals surface area contributed by atoms with Crippen molar-refractivity contribution in [2.45, 2.75) is 52.5 Å². The number of aliphatic hydroxyl groups excluding tert-OH is 1. The Balaban J connectivity index is 1.77. The molecule has 1 aliphatic carbocycles. The zero-order valence-electron chi connectivity index (χ0n) is 18.9. The van der Waals surface area contributed by atoms with Gasteiger partial charge in [0.1, 0.15) is 5.82 Å². The van der Waals surface area contributed by atoms with Crippen LogP contribution in [0.3, 0.4) is 0 Å². The number of aromatic nitrogens is 1. The fraction of sp³-hybridized carbons (Fsp3) is 0.458. The van der Waals surface area contributed by atoms with Crippen LogP contribution in [0, 0.1) is 32.5 Å². The van der Waals surface area contributed by atoms with Gasteiger partial charge < -0.3 is 20.3 Å². The minimum atomic E-state index is -0.692. The number of aliphatic hydroxyl groups is 1. The smallest absolute Gasteiger partial charge is 0.294 e. The van der Waals surface area contributed by atoms with Crippen LogP contribution in [-0.2, 0) is 11.8 Å². The zero-order valence-corrected chi connectivity index (χ0v) is 18.9. The third-order valence-electron chi connectivity index (χ3n) is 6.43. The highest BCUT2D eigenvalue weighted by Gasteiger charge is 2.30. The summed E-state index contributed by atoms with van der Waals surface area (Å²) in [5, 5.41) is 14.8. The van der Waals surface area contributed by atoms with Crippen LogP contribution in [0.25, 0.3) is 0 Å². The molecule has 2 amide bonds. The standard InChI is InChI=1S/C24H30FN3O4/c1-13-11-18(9-10-19(13)25)27-23(31)20-14(2)21(28(4)15(20)3)22(30)24(32)26-17-7-5-16(12-29)6-8-17/h9-11,16-17,29H,5-8,12H2,1-4H3,(H,26,32)(H,27,31)/t16-,17+. The summed E-state index contributed by atoms with van der Waals surface area (Å²) in [6.45, 7) is 5.10. The lowest BCUT2D eigenvalue weighted by Gasteiger charge is -2.27. The molecule has 3 N–H and O–H groups in total. The van der Waals surface area contributed by atoms with E-state index < -0.39 is 17.6 Å². The van der Waals surface area contributed by atoms with Gasteiger partial charge in [0.25, 0.3) is 17.6 Å². The third-order valence-corrected chi connectivity index (χ3v) is 6.43. The molecule has 0 atom stereocenters. The molecular weight excluding hydrogens is 413 g/mol. The first-order valence-electron chi connectivity index (χ1n) is 10.8. The van der Waals surface area contributed by atoms with E-state index in [9.17, 15) is 23.9 Å². The fourth-order valence-electron chi connectivity index (χ4n) is 4.40. The monoisotopic (exact) mass is 443 g/mol. The molecule has 0 saturated heterocycles. The topological polar surface area (TPSA) is 100 Å². The molecule has 0 bridgehead atoms. The number of aryl methyl sites for hydroxylation is 1. The highest BCUT2D eigenvalue weighted by Crippen LogP contribution is 2.26. The van der Waals surface area contributed by atoms with E-state index in [1.807, 2.05) is 0 Å². The molecular formula is C24H30FN3O4. The summed E-state index contributed by atoms with van der Waals surface area (Å²) >= 11 is 0. The second-order valence-electron chi connectivity index (χ2n) is 8.61. The lowest BCUT2D eigenvalue weighted by molar-refractivity contribution is -0.118. The number of amides is 2. The molecule has 0 unspecified atom stereocenters. The molecule has 1 aliphatic rings. The van der Waals surface area contributed by atoms with Crippen LogP contribution in [0.2, 0.25) is 0 Å². The highest BCUT2D eigenvalue weighted by molar-refractivity contribution is 6.43. The van der Waals surface area contributed by atoms with E-state index >= 15 is 0 Å². The number of nitrogens with zero attached hydrogens (tertiary/aromatic N) is 1. The fourth-order valence-corrected chi connectivity index (χ4v) is 4.40. The molecule has 8 heteroatoms. The van der Waals surface area contributed by atoms with Crippen molar-refractivity contribution in [3.63, 3.8) is 0 Å². The molecule has 1 fully saturated rings. The number of carbonyl (C=O) groups is 3. The predicted molar refractivity (Wildman–Crippen MR) is 119 cm³/mol. The summed E-state index contributed by atoms with van der Waals surface area (Å²) < 4.78 is 15.1. The van der Waals surface area contributed by atoms with E-state index in [1.165, 1.54) is 18.2 Å². The van der Waals surface area contributed by atoms with Gasteiger partial charge in [-0.15, -0.1) is 0 Å². The number of carbonyl (C=O) groups excluding carboxylic acids is 3. The molecule has 7 nitrogen and oxygen atoms in total. The lowest BCUT2D eigenvalue weighted by atomic mass is 9.86. The second kappa shape index (κ2) is 9.65. The van der Waals surface area contributed by atoms with Crippen molar-refractivity contribution in [3.05, 3.63) is 52.1 Å². The normalized spacial score (nSPS) is 18.3. The van der Waals surface area contributed by atoms with Crippen LogP contribution in [-0.4, -0.2) is 39.9 Å². The number of anilines is 1. The van der Waals surface area contributed by atoms with Crippen molar-refractivity contribution in [1.29, 1.82) is 0 Å². The molecule has 0 aliphatic heterocycles. The van der Waals surface area contributed by atoms with Gasteiger partial charge >= 0.3 is 0 Å². The van der Waals surface area contributed by atoms with Crippen LogP contribution in [0.5, 0.6) is 0 Å². The van der Waals surface area contributed by atoms with E-state index in [0.29, 0.717) is 28.1 Å². The van der Waals surface area contributed by atoms with Gasteiger partial charge in [-0.2, -0.15) is 0 Å². The number of nitrogens with one attached hydrogen (secondary N) is 2. The Bertz CT molecular complexity index is 1050. The van der Waals surface area contributed by atoms with Crippen molar-refractivity contribution >= 4 is 23.3 Å². The summed E-state index contributed by atoms with van der Waals surface area (Å²) in [4.78, 5) is 38.6. The van der Waals surface area contributed by atoms with Gasteiger partial charge in [0.05, 0.1) is 11.3 Å². The van der Waals surface area contributed by atoms with E-state index in [-0.39, 0.29) is 30.1 Å². The molecule has 1 heterocycles. The summed E-state index contributed by atoms with van der Waals surface area (Å²) in [6.07, 6.45) is 3.07. The summed E-state index contributed by atoms with van der Waals surface area (Å²) in [5.41, 5.74) is 2.31. The number of halogens is 1. The van der Waals surface area contributed by atoms with Crippen LogP contribution in [0.1, 0.15) is 63.4 Å². The minimum absolute atomic E-state index is 0.0968. The molecule has 2 aromatic rings. The Hall–Kier alpha value is -3.00. The van der Waals surface area contributed by atoms with Crippen molar-refractivity contribution in [1.82, 2.24) is 9.88 Å². The largest absolute Gasteiger partial charge is 0.396 e. The SMILES string of the molecule is Cc1cc(NC(=O)c2c(C)c(C(=O)C(=O)N[C@H]3CC[C@@H](CO)CC3)n(C)c2C)ccc1F. The van der Waals surface area contributed by atoms with Gasteiger partial charge in [-0.1, -0.05) is 0 Å². The average molecular weight is 444 g/mol. The van der Waals surface area contributed by atoms with E-state index in [0.717, 1.165) is 25.7 Å². The van der Waals surface area contributed by atoms with E-state index in [1.54, 1.807) is 32.4 Å². The molecule has 172 valence electrons. The average Bonchev–Trinajstić information content (AvgIpc) is 2.99. The Labute approximate surface area is 187 Å². The van der Waals surface area contributed by atoms with Crippen molar-refractivity contribution in [3.8, 4) is 0 Å². The number of ketones is 1. The Kier molecular flexibility index (Phi) is 7.13. The number of rotatable bonds is 6. The first-order chi connectivity index (χ1) is 15.1. The molecule has 1 saturated carbocycles. The number of Topliss-reactive ketones (excluding diaryl/α,β-unsaturated/α-hetero) is 1. The zero-order chi connectivity index (χ0) is 23.6. The summed E-state index contributed by atoms with van der Waals surface area (Å²) in [5.74, 6) is -1.92. The number of hydrogen-bond donors (Lipinski definition) is 3. The Morgan fingerprint density at radius 1 is 1.12 bits per heavy atom. The van der Waals surface area contributed by atoms with E-state index in [2.05, 4.69) is 10.6 Å². The lowest BCUT2D eigenvalue weighted by Crippen LogP contribution is -2.42. The van der Waals surface area contributed by atoms with Gasteiger partial charge in [-0.25, -0.2) is 4.39 Å². The van der Waals surface area contributed by atoms with Gasteiger partial charge in [-0.05, 0) is 81.7 Å². The molecule has 1 aromatic heterocycles. The molecule has 0 spiro atoms. The Morgan fingerprint density at radius 3 is 2.38 bits per heavy atom. The summed E-state index contributed by atoms with van der Waals surface area (Å²) in [6, 6.07) is 4.19. The molecule has 32 heavy (non-hydrogen) atoms. The van der Waals surface area contributed by atoms with Crippen LogP contribution in [0.4, 0.5) is 10.1 Å². The van der Waals surface area contributed by atoms with Crippen molar-refractivity contribution in [2.24, 2.45) is 13.0 Å². The number of benzene rings is 1. The van der Waals surface area contributed by atoms with Gasteiger partial charge in [0, 0.05) is 31.1 Å². The molecule has 1 aromatic carbocycles. The third kappa shape index (κ3) is 4.75. The maximum absolute atomic E-state index is 13.5. The van der Waals surface area contributed by atoms with Crippen molar-refractivity contribution in [2.75, 3.05) is 11.9 Å². The van der Waals surface area contributed by atoms with Crippen LogP contribution in [0.15, 0.2) is 18.2 Å². The predicted octanol–water partition coefficient (Wildman–Crippen LogP) is 3.19. The molecule has 0 radical (unpaired) electrons. The number of hydrogen-bond acceptors (Lipinski definition) is 4. The second-order valence-corrected chi connectivity index (χ2v) is 8.61. The summed E-state index contributed by atoms with van der Waals surface area (Å²) in [7, 11) is 1.65. The van der Waals surface area contributed by atoms with Crippen LogP contribution < -0.4 is 10.6 Å². The minimum Gasteiger partial charge on any atom is -0.396 e. The van der Waals surface area contributed by atoms with Crippen LogP contribution >= 0.6 is 0 Å². The van der Waals surface area contributed by atoms with E-state index in [4.69, 9.17) is 0 Å². The maximum atomic E-state index is 13.5. The quantitative estimate of drug-likeness (QED) is 0.472. The van der Waals surface area contributed by atoms with Gasteiger partial charge in [-0.3, -0.25) is 14.4 Å².